The minimum absolute atomic E-state index is 0.0137. The molecule has 3 rings (SSSR count). The second kappa shape index (κ2) is 7.47. The molecule has 0 aliphatic carbocycles. The van der Waals surface area contributed by atoms with Crippen molar-refractivity contribution in [2.24, 2.45) is 0 Å². The maximum atomic E-state index is 12.9. The van der Waals surface area contributed by atoms with Gasteiger partial charge in [-0.1, -0.05) is 24.3 Å². The number of carbonyl (C=O) groups excluding carboxylic acids is 1. The molecule has 1 aliphatic heterocycles. The number of methoxy groups -OCH3 is 2. The van der Waals surface area contributed by atoms with E-state index in [1.54, 1.807) is 26.4 Å². The fourth-order valence-electron chi connectivity index (χ4n) is 3.29. The molecule has 0 saturated carbocycles. The van der Waals surface area contributed by atoms with Gasteiger partial charge in [-0.3, -0.25) is 4.79 Å². The van der Waals surface area contributed by atoms with Gasteiger partial charge in [-0.05, 0) is 30.7 Å². The van der Waals surface area contributed by atoms with Gasteiger partial charge in [0.05, 0.1) is 19.8 Å². The number of carbonyl (C=O) groups is 1. The van der Waals surface area contributed by atoms with Gasteiger partial charge in [0.1, 0.15) is 0 Å². The minimum atomic E-state index is -0.0137. The van der Waals surface area contributed by atoms with E-state index in [1.165, 1.54) is 11.3 Å². The summed E-state index contributed by atoms with van der Waals surface area (Å²) in [6.45, 7) is 5.14. The number of piperazine rings is 1. The van der Waals surface area contributed by atoms with Gasteiger partial charge in [-0.25, -0.2) is 0 Å². The Balaban J connectivity index is 1.73. The van der Waals surface area contributed by atoms with Gasteiger partial charge in [-0.2, -0.15) is 0 Å². The largest absolute Gasteiger partial charge is 0.493 e. The van der Waals surface area contributed by atoms with Crippen LogP contribution >= 0.6 is 0 Å². The smallest absolute Gasteiger partial charge is 0.257 e. The highest BCUT2D eigenvalue weighted by molar-refractivity contribution is 5.98. The number of aryl methyl sites for hydroxylation is 1. The van der Waals surface area contributed by atoms with Gasteiger partial charge in [0.15, 0.2) is 11.5 Å². The van der Waals surface area contributed by atoms with Crippen LogP contribution in [-0.2, 0) is 0 Å². The average Bonchev–Trinajstić information content (AvgIpc) is 2.67. The molecule has 2 aromatic carbocycles. The summed E-state index contributed by atoms with van der Waals surface area (Å²) in [5.74, 6) is 1.06. The second-order valence-electron chi connectivity index (χ2n) is 6.11. The summed E-state index contributed by atoms with van der Waals surface area (Å²) < 4.78 is 10.7. The molecule has 0 aromatic heterocycles. The Morgan fingerprint density at radius 2 is 1.64 bits per heavy atom. The van der Waals surface area contributed by atoms with E-state index < -0.39 is 0 Å². The minimum Gasteiger partial charge on any atom is -0.493 e. The lowest BCUT2D eigenvalue weighted by Gasteiger charge is -2.37. The Morgan fingerprint density at radius 1 is 0.920 bits per heavy atom. The van der Waals surface area contributed by atoms with Crippen LogP contribution in [0.15, 0.2) is 42.5 Å². The van der Waals surface area contributed by atoms with E-state index in [0.717, 1.165) is 13.1 Å². The molecule has 25 heavy (non-hydrogen) atoms. The van der Waals surface area contributed by atoms with Crippen LogP contribution < -0.4 is 14.4 Å². The predicted molar refractivity (Wildman–Crippen MR) is 98.8 cm³/mol. The van der Waals surface area contributed by atoms with Crippen molar-refractivity contribution in [3.63, 3.8) is 0 Å². The SMILES string of the molecule is COc1cccc(C(=O)N2CCN(c3ccccc3C)CC2)c1OC. The fraction of sp³-hybridized carbons (Fsp3) is 0.350. The summed E-state index contributed by atoms with van der Waals surface area (Å²) in [5.41, 5.74) is 3.05. The number of hydrogen-bond donors (Lipinski definition) is 0. The fourth-order valence-corrected chi connectivity index (χ4v) is 3.29. The first-order valence-corrected chi connectivity index (χ1v) is 8.46. The Kier molecular flexibility index (Phi) is 5.12. The van der Waals surface area contributed by atoms with Gasteiger partial charge in [0.25, 0.3) is 5.91 Å². The molecule has 5 heteroatoms. The summed E-state index contributed by atoms with van der Waals surface area (Å²) >= 11 is 0. The standard InChI is InChI=1S/C20H24N2O3/c1-15-7-4-5-9-17(15)21-11-13-22(14-12-21)20(23)16-8-6-10-18(24-2)19(16)25-3/h4-10H,11-14H2,1-3H3. The highest BCUT2D eigenvalue weighted by Crippen LogP contribution is 2.32. The van der Waals surface area contributed by atoms with E-state index in [9.17, 15) is 4.79 Å². The number of hydrogen-bond acceptors (Lipinski definition) is 4. The van der Waals surface area contributed by atoms with E-state index in [4.69, 9.17) is 9.47 Å². The lowest BCUT2D eigenvalue weighted by Crippen LogP contribution is -2.49. The maximum absolute atomic E-state index is 12.9. The van der Waals surface area contributed by atoms with Crippen molar-refractivity contribution in [2.45, 2.75) is 6.92 Å². The van der Waals surface area contributed by atoms with Gasteiger partial charge in [-0.15, -0.1) is 0 Å². The maximum Gasteiger partial charge on any atom is 0.257 e. The first-order chi connectivity index (χ1) is 12.2. The normalized spacial score (nSPS) is 14.4. The molecule has 0 atom stereocenters. The first-order valence-electron chi connectivity index (χ1n) is 8.46. The molecule has 132 valence electrons. The zero-order chi connectivity index (χ0) is 17.8. The molecule has 0 radical (unpaired) electrons. The van der Waals surface area contributed by atoms with E-state index in [-0.39, 0.29) is 5.91 Å². The van der Waals surface area contributed by atoms with Crippen LogP contribution in [-0.4, -0.2) is 51.2 Å². The molecular formula is C20H24N2O3. The third-order valence-electron chi connectivity index (χ3n) is 4.66. The zero-order valence-corrected chi connectivity index (χ0v) is 15.0. The Labute approximate surface area is 148 Å². The van der Waals surface area contributed by atoms with Crippen LogP contribution in [0.3, 0.4) is 0 Å². The van der Waals surface area contributed by atoms with Gasteiger partial charge in [0, 0.05) is 31.9 Å². The Morgan fingerprint density at radius 3 is 2.28 bits per heavy atom. The van der Waals surface area contributed by atoms with E-state index in [1.807, 2.05) is 17.0 Å². The number of rotatable bonds is 4. The second-order valence-corrected chi connectivity index (χ2v) is 6.11. The quantitative estimate of drug-likeness (QED) is 0.858. The monoisotopic (exact) mass is 340 g/mol. The molecule has 5 nitrogen and oxygen atoms in total. The lowest BCUT2D eigenvalue weighted by atomic mass is 10.1. The zero-order valence-electron chi connectivity index (χ0n) is 15.0. The summed E-state index contributed by atoms with van der Waals surface area (Å²) in [6.07, 6.45) is 0. The topological polar surface area (TPSA) is 42.0 Å². The lowest BCUT2D eigenvalue weighted by molar-refractivity contribution is 0.0742. The molecule has 2 aromatic rings. The predicted octanol–water partition coefficient (Wildman–Crippen LogP) is 2.97. The molecule has 1 heterocycles. The third-order valence-corrected chi connectivity index (χ3v) is 4.66. The number of anilines is 1. The van der Waals surface area contributed by atoms with E-state index in [2.05, 4.69) is 30.0 Å². The summed E-state index contributed by atoms with van der Waals surface area (Å²) in [7, 11) is 3.14. The molecule has 1 aliphatic rings. The highest BCUT2D eigenvalue weighted by atomic mass is 16.5. The van der Waals surface area contributed by atoms with E-state index in [0.29, 0.717) is 30.2 Å². The number of benzene rings is 2. The van der Waals surface area contributed by atoms with Gasteiger partial charge < -0.3 is 19.3 Å². The molecule has 0 bridgehead atoms. The number of nitrogens with zero attached hydrogens (tertiary/aromatic N) is 2. The number of ether oxygens (including phenoxy) is 2. The van der Waals surface area contributed by atoms with Crippen LogP contribution in [0.4, 0.5) is 5.69 Å². The molecule has 0 N–H and O–H groups in total. The van der Waals surface area contributed by atoms with Crippen LogP contribution in [0.25, 0.3) is 0 Å². The van der Waals surface area contributed by atoms with Crippen LogP contribution in [0, 0.1) is 6.92 Å². The van der Waals surface area contributed by atoms with Crippen molar-refractivity contribution in [1.82, 2.24) is 4.90 Å². The van der Waals surface area contributed by atoms with E-state index >= 15 is 0 Å². The van der Waals surface area contributed by atoms with Gasteiger partial charge in [0.2, 0.25) is 0 Å². The highest BCUT2D eigenvalue weighted by Gasteiger charge is 2.26. The van der Waals surface area contributed by atoms with Crippen molar-refractivity contribution in [1.29, 1.82) is 0 Å². The number of amides is 1. The van der Waals surface area contributed by atoms with Crippen LogP contribution in [0.1, 0.15) is 15.9 Å². The van der Waals surface area contributed by atoms with Crippen molar-refractivity contribution in [2.75, 3.05) is 45.3 Å². The van der Waals surface area contributed by atoms with Crippen molar-refractivity contribution >= 4 is 11.6 Å². The van der Waals surface area contributed by atoms with Crippen LogP contribution in [0.5, 0.6) is 11.5 Å². The van der Waals surface area contributed by atoms with Crippen LogP contribution in [0.2, 0.25) is 0 Å². The Bertz CT molecular complexity index is 752. The first kappa shape index (κ1) is 17.1. The third kappa shape index (κ3) is 3.40. The number of para-hydroxylation sites is 2. The summed E-state index contributed by atoms with van der Waals surface area (Å²) in [4.78, 5) is 17.1. The molecule has 1 saturated heterocycles. The Hall–Kier alpha value is -2.69. The average molecular weight is 340 g/mol. The summed E-state index contributed by atoms with van der Waals surface area (Å²) in [6, 6.07) is 13.8. The van der Waals surface area contributed by atoms with Crippen molar-refractivity contribution in [3.05, 3.63) is 53.6 Å². The van der Waals surface area contributed by atoms with Gasteiger partial charge >= 0.3 is 0 Å². The molecular weight excluding hydrogens is 316 g/mol. The van der Waals surface area contributed by atoms with Crippen molar-refractivity contribution < 1.29 is 14.3 Å². The van der Waals surface area contributed by atoms with Crippen molar-refractivity contribution in [3.8, 4) is 11.5 Å². The summed E-state index contributed by atoms with van der Waals surface area (Å²) in [5, 5.41) is 0. The molecule has 1 amide bonds. The molecule has 1 fully saturated rings. The molecule has 0 spiro atoms. The molecule has 0 unspecified atom stereocenters.